The van der Waals surface area contributed by atoms with Crippen molar-refractivity contribution in [1.82, 2.24) is 0 Å². The highest BCUT2D eigenvalue weighted by Gasteiger charge is 2.23. The minimum atomic E-state index is -0.896. The van der Waals surface area contributed by atoms with Crippen LogP contribution in [0.15, 0.2) is 10.2 Å². The average Bonchev–Trinajstić information content (AvgIpc) is 1.99. The van der Waals surface area contributed by atoms with Crippen molar-refractivity contribution in [3.63, 3.8) is 0 Å². The van der Waals surface area contributed by atoms with Gasteiger partial charge in [-0.05, 0) is 34.1 Å². The molecule has 0 saturated carbocycles. The summed E-state index contributed by atoms with van der Waals surface area (Å²) in [5, 5.41) is 16.5. The van der Waals surface area contributed by atoms with Crippen molar-refractivity contribution in [1.29, 1.82) is 0 Å². The van der Waals surface area contributed by atoms with Crippen molar-refractivity contribution in [2.24, 2.45) is 10.2 Å². The Morgan fingerprint density at radius 1 is 1.17 bits per heavy atom. The van der Waals surface area contributed by atoms with Gasteiger partial charge in [-0.2, -0.15) is 10.2 Å². The molecule has 0 rings (SSSR count). The smallest absolute Gasteiger partial charge is 0.209 e. The Kier molecular flexibility index (Phi) is 3.80. The number of hydrogen-bond acceptors (Lipinski definition) is 4. The molecule has 1 atom stereocenters. The SMILES string of the molecule is CCC(C)(N=NC(C)(C)C)OO. The summed E-state index contributed by atoms with van der Waals surface area (Å²) in [6.07, 6.45) is 0.586. The van der Waals surface area contributed by atoms with Crippen molar-refractivity contribution in [2.75, 3.05) is 0 Å². The van der Waals surface area contributed by atoms with Crippen LogP contribution in [0.1, 0.15) is 41.0 Å². The first-order valence-electron chi connectivity index (χ1n) is 4.09. The minimum Gasteiger partial charge on any atom is -0.249 e. The van der Waals surface area contributed by atoms with Crippen LogP contribution in [0, 0.1) is 0 Å². The van der Waals surface area contributed by atoms with Crippen molar-refractivity contribution in [3.8, 4) is 0 Å². The standard InChI is InChI=1S/C8H18N2O2/c1-6-8(5,12-11)10-9-7(2,3)4/h11H,6H2,1-5H3. The van der Waals surface area contributed by atoms with Gasteiger partial charge in [-0.3, -0.25) is 0 Å². The molecule has 0 fully saturated rings. The van der Waals surface area contributed by atoms with E-state index >= 15 is 0 Å². The Balaban J connectivity index is 4.30. The van der Waals surface area contributed by atoms with Gasteiger partial charge in [0.05, 0.1) is 5.54 Å². The maximum absolute atomic E-state index is 8.53. The summed E-state index contributed by atoms with van der Waals surface area (Å²) in [4.78, 5) is 4.22. The van der Waals surface area contributed by atoms with Crippen LogP contribution in [-0.4, -0.2) is 16.5 Å². The van der Waals surface area contributed by atoms with Crippen molar-refractivity contribution in [2.45, 2.75) is 52.3 Å². The molecule has 4 nitrogen and oxygen atoms in total. The third-order valence-corrected chi connectivity index (χ3v) is 1.41. The van der Waals surface area contributed by atoms with Crippen LogP contribution < -0.4 is 0 Å². The fourth-order valence-electron chi connectivity index (χ4n) is 0.409. The second-order valence-electron chi connectivity index (χ2n) is 3.99. The van der Waals surface area contributed by atoms with Gasteiger partial charge in [0.25, 0.3) is 0 Å². The highest BCUT2D eigenvalue weighted by atomic mass is 17.1. The Labute approximate surface area is 73.6 Å². The molecule has 0 spiro atoms. The first-order chi connectivity index (χ1) is 5.33. The molecule has 1 N–H and O–H groups in total. The lowest BCUT2D eigenvalue weighted by molar-refractivity contribution is -0.318. The molecule has 12 heavy (non-hydrogen) atoms. The van der Waals surface area contributed by atoms with Gasteiger partial charge in [0.1, 0.15) is 0 Å². The molecule has 0 aromatic carbocycles. The summed E-state index contributed by atoms with van der Waals surface area (Å²) in [6.45, 7) is 9.36. The molecule has 72 valence electrons. The molecule has 0 heterocycles. The number of nitrogens with zero attached hydrogens (tertiary/aromatic N) is 2. The summed E-state index contributed by atoms with van der Waals surface area (Å²) in [5.74, 6) is 0. The third kappa shape index (κ3) is 4.41. The summed E-state index contributed by atoms with van der Waals surface area (Å²) >= 11 is 0. The lowest BCUT2D eigenvalue weighted by Crippen LogP contribution is -2.24. The fraction of sp³-hybridized carbons (Fsp3) is 1.00. The quantitative estimate of drug-likeness (QED) is 0.406. The first-order valence-corrected chi connectivity index (χ1v) is 4.09. The Hall–Kier alpha value is -0.480. The van der Waals surface area contributed by atoms with E-state index in [1.54, 1.807) is 6.92 Å². The molecule has 0 saturated heterocycles. The number of hydrogen-bond donors (Lipinski definition) is 1. The van der Waals surface area contributed by atoms with E-state index in [4.69, 9.17) is 5.26 Å². The monoisotopic (exact) mass is 174 g/mol. The molecule has 0 aromatic rings. The molecule has 0 amide bonds. The minimum absolute atomic E-state index is 0.227. The molecule has 0 aromatic heterocycles. The molecule has 0 bridgehead atoms. The molecule has 1 unspecified atom stereocenters. The van der Waals surface area contributed by atoms with E-state index in [0.717, 1.165) is 0 Å². The van der Waals surface area contributed by atoms with Gasteiger partial charge in [-0.15, -0.1) is 0 Å². The predicted molar refractivity (Wildman–Crippen MR) is 47.0 cm³/mol. The van der Waals surface area contributed by atoms with Gasteiger partial charge >= 0.3 is 0 Å². The van der Waals surface area contributed by atoms with Crippen LogP contribution in [-0.2, 0) is 4.89 Å². The van der Waals surface area contributed by atoms with E-state index in [0.29, 0.717) is 6.42 Å². The number of azo groups is 1. The predicted octanol–water partition coefficient (Wildman–Crippen LogP) is 2.85. The van der Waals surface area contributed by atoms with E-state index in [1.807, 2.05) is 27.7 Å². The van der Waals surface area contributed by atoms with Crippen molar-refractivity contribution >= 4 is 0 Å². The van der Waals surface area contributed by atoms with Crippen LogP contribution in [0.3, 0.4) is 0 Å². The van der Waals surface area contributed by atoms with Crippen molar-refractivity contribution < 1.29 is 10.1 Å². The summed E-state index contributed by atoms with van der Waals surface area (Å²) in [6, 6.07) is 0. The van der Waals surface area contributed by atoms with Gasteiger partial charge in [-0.25, -0.2) is 10.1 Å². The molecular formula is C8H18N2O2. The normalized spacial score (nSPS) is 18.2. The maximum atomic E-state index is 8.53. The van der Waals surface area contributed by atoms with E-state index in [-0.39, 0.29) is 5.54 Å². The van der Waals surface area contributed by atoms with Crippen LogP contribution in [0.5, 0.6) is 0 Å². The lowest BCUT2D eigenvalue weighted by atomic mass is 10.1. The molecular weight excluding hydrogens is 156 g/mol. The van der Waals surface area contributed by atoms with Crippen molar-refractivity contribution in [3.05, 3.63) is 0 Å². The highest BCUT2D eigenvalue weighted by Crippen LogP contribution is 2.18. The van der Waals surface area contributed by atoms with Crippen LogP contribution >= 0.6 is 0 Å². The Bertz CT molecular complexity index is 157. The average molecular weight is 174 g/mol. The molecule has 0 aliphatic heterocycles. The fourth-order valence-corrected chi connectivity index (χ4v) is 0.409. The molecule has 0 aliphatic rings. The van der Waals surface area contributed by atoms with E-state index in [9.17, 15) is 0 Å². The van der Waals surface area contributed by atoms with Crippen LogP contribution in [0.25, 0.3) is 0 Å². The van der Waals surface area contributed by atoms with E-state index in [2.05, 4.69) is 15.1 Å². The number of rotatable bonds is 3. The summed E-state index contributed by atoms with van der Waals surface area (Å²) in [5.41, 5.74) is -1.12. The zero-order valence-electron chi connectivity index (χ0n) is 8.46. The Morgan fingerprint density at radius 3 is 1.92 bits per heavy atom. The van der Waals surface area contributed by atoms with Gasteiger partial charge in [0.2, 0.25) is 5.72 Å². The van der Waals surface area contributed by atoms with Gasteiger partial charge in [-0.1, -0.05) is 6.92 Å². The largest absolute Gasteiger partial charge is 0.249 e. The van der Waals surface area contributed by atoms with Gasteiger partial charge < -0.3 is 0 Å². The van der Waals surface area contributed by atoms with Gasteiger partial charge in [0.15, 0.2) is 0 Å². The molecule has 4 heteroatoms. The lowest BCUT2D eigenvalue weighted by Gasteiger charge is -2.19. The van der Waals surface area contributed by atoms with E-state index < -0.39 is 5.72 Å². The van der Waals surface area contributed by atoms with Gasteiger partial charge in [0, 0.05) is 0 Å². The zero-order valence-corrected chi connectivity index (χ0v) is 8.46. The Morgan fingerprint density at radius 2 is 1.67 bits per heavy atom. The second-order valence-corrected chi connectivity index (χ2v) is 3.99. The van der Waals surface area contributed by atoms with Crippen LogP contribution in [0.2, 0.25) is 0 Å². The molecule has 0 aliphatic carbocycles. The van der Waals surface area contributed by atoms with Crippen LogP contribution in [0.4, 0.5) is 0 Å². The second kappa shape index (κ2) is 3.96. The van der Waals surface area contributed by atoms with E-state index in [1.165, 1.54) is 0 Å². The maximum Gasteiger partial charge on any atom is 0.209 e. The topological polar surface area (TPSA) is 54.2 Å². The zero-order chi connectivity index (χ0) is 9.83. The highest BCUT2D eigenvalue weighted by molar-refractivity contribution is 4.71. The summed E-state index contributed by atoms with van der Waals surface area (Å²) in [7, 11) is 0. The molecule has 0 radical (unpaired) electrons. The summed E-state index contributed by atoms with van der Waals surface area (Å²) < 4.78 is 0. The third-order valence-electron chi connectivity index (χ3n) is 1.41. The first kappa shape index (κ1) is 11.5.